The lowest BCUT2D eigenvalue weighted by Gasteiger charge is -2.14. The number of nitrogens with zero attached hydrogens (tertiary/aromatic N) is 1. The molecular weight excluding hydrogens is 308 g/mol. The van der Waals surface area contributed by atoms with E-state index in [1.165, 1.54) is 4.90 Å². The lowest BCUT2D eigenvalue weighted by Crippen LogP contribution is -2.39. The molecule has 5 heteroatoms. The Labute approximate surface area is 120 Å². The highest BCUT2D eigenvalue weighted by Crippen LogP contribution is 2.31. The second-order valence-corrected chi connectivity index (χ2v) is 5.92. The fourth-order valence-corrected chi connectivity index (χ4v) is 2.83. The number of nitrogens with one attached hydrogen (secondary N) is 1. The van der Waals surface area contributed by atoms with Crippen LogP contribution in [0.3, 0.4) is 0 Å². The van der Waals surface area contributed by atoms with E-state index in [1.807, 2.05) is 24.3 Å². The molecule has 0 aromatic heterocycles. The first-order chi connectivity index (χ1) is 9.16. The van der Waals surface area contributed by atoms with Crippen LogP contribution in [0.5, 0.6) is 0 Å². The van der Waals surface area contributed by atoms with Crippen LogP contribution in [0.4, 0.5) is 0 Å². The third-order valence-corrected chi connectivity index (χ3v) is 4.37. The summed E-state index contributed by atoms with van der Waals surface area (Å²) in [5.41, 5.74) is 1.09. The summed E-state index contributed by atoms with van der Waals surface area (Å²) in [5.74, 6) is -0.0864. The number of amides is 2. The summed E-state index contributed by atoms with van der Waals surface area (Å²) in [6, 6.07) is 7.69. The number of rotatable bonds is 4. The molecule has 1 saturated carbocycles. The molecule has 2 amide bonds. The molecule has 1 aromatic carbocycles. The van der Waals surface area contributed by atoms with Crippen LogP contribution in [0, 0.1) is 0 Å². The first kappa shape index (κ1) is 12.8. The molecule has 1 aliphatic carbocycles. The van der Waals surface area contributed by atoms with E-state index >= 15 is 0 Å². The molecule has 19 heavy (non-hydrogen) atoms. The maximum absolute atomic E-state index is 12.1. The summed E-state index contributed by atoms with van der Waals surface area (Å²) >= 11 is 3.48. The molecule has 1 aromatic rings. The van der Waals surface area contributed by atoms with E-state index in [0.29, 0.717) is 13.0 Å². The van der Waals surface area contributed by atoms with Crippen LogP contribution < -0.4 is 5.32 Å². The predicted molar refractivity (Wildman–Crippen MR) is 74.3 cm³/mol. The third kappa shape index (κ3) is 2.58. The van der Waals surface area contributed by atoms with Crippen LogP contribution in [0.2, 0.25) is 0 Å². The first-order valence-electron chi connectivity index (χ1n) is 6.49. The van der Waals surface area contributed by atoms with Crippen LogP contribution in [0.1, 0.15) is 24.8 Å². The zero-order valence-corrected chi connectivity index (χ0v) is 12.0. The van der Waals surface area contributed by atoms with Crippen LogP contribution in [0.25, 0.3) is 0 Å². The van der Waals surface area contributed by atoms with Crippen LogP contribution >= 0.6 is 15.9 Å². The molecule has 1 heterocycles. The molecular formula is C14H15BrN2O2. The second kappa shape index (κ2) is 5.06. The van der Waals surface area contributed by atoms with E-state index in [0.717, 1.165) is 22.9 Å². The lowest BCUT2D eigenvalue weighted by atomic mass is 10.2. The fraction of sp³-hybridized carbons (Fsp3) is 0.429. The van der Waals surface area contributed by atoms with E-state index in [9.17, 15) is 9.59 Å². The fourth-order valence-electron chi connectivity index (χ4n) is 2.40. The molecule has 1 unspecified atom stereocenters. The number of carbonyl (C=O) groups is 2. The molecule has 2 fully saturated rings. The SMILES string of the molecule is O=C1CC(NCc2ccccc2Br)C(=O)N1C1CC1. The Morgan fingerprint density at radius 1 is 1.26 bits per heavy atom. The third-order valence-electron chi connectivity index (χ3n) is 3.59. The number of likely N-dealkylation sites (tertiary alicyclic amines) is 1. The van der Waals surface area contributed by atoms with Crippen molar-refractivity contribution in [2.24, 2.45) is 0 Å². The zero-order valence-electron chi connectivity index (χ0n) is 10.4. The summed E-state index contributed by atoms with van der Waals surface area (Å²) < 4.78 is 1.01. The minimum absolute atomic E-state index is 0.0304. The highest BCUT2D eigenvalue weighted by molar-refractivity contribution is 9.10. The van der Waals surface area contributed by atoms with E-state index in [1.54, 1.807) is 0 Å². The van der Waals surface area contributed by atoms with Crippen molar-refractivity contribution in [1.82, 2.24) is 10.2 Å². The van der Waals surface area contributed by atoms with Gasteiger partial charge in [-0.3, -0.25) is 14.5 Å². The van der Waals surface area contributed by atoms with Crippen LogP contribution in [0.15, 0.2) is 28.7 Å². The summed E-state index contributed by atoms with van der Waals surface area (Å²) in [6.45, 7) is 0.587. The van der Waals surface area contributed by atoms with Crippen molar-refractivity contribution in [2.75, 3.05) is 0 Å². The normalized spacial score (nSPS) is 23.2. The van der Waals surface area contributed by atoms with E-state index in [4.69, 9.17) is 0 Å². The predicted octanol–water partition coefficient (Wildman–Crippen LogP) is 1.83. The van der Waals surface area contributed by atoms with Gasteiger partial charge in [-0.25, -0.2) is 0 Å². The van der Waals surface area contributed by atoms with Gasteiger partial charge in [0.25, 0.3) is 0 Å². The van der Waals surface area contributed by atoms with Gasteiger partial charge in [0.1, 0.15) is 0 Å². The van der Waals surface area contributed by atoms with Crippen LogP contribution in [-0.2, 0) is 16.1 Å². The van der Waals surface area contributed by atoms with Crippen molar-refractivity contribution >= 4 is 27.7 Å². The molecule has 0 bridgehead atoms. The Kier molecular flexibility index (Phi) is 3.41. The molecule has 3 rings (SSSR count). The van der Waals surface area contributed by atoms with Gasteiger partial charge in [-0.15, -0.1) is 0 Å². The van der Waals surface area contributed by atoms with Crippen molar-refractivity contribution in [3.8, 4) is 0 Å². The molecule has 0 spiro atoms. The van der Waals surface area contributed by atoms with E-state index in [2.05, 4.69) is 21.2 Å². The van der Waals surface area contributed by atoms with E-state index in [-0.39, 0.29) is 23.9 Å². The molecule has 1 aliphatic heterocycles. The largest absolute Gasteiger partial charge is 0.301 e. The molecule has 0 radical (unpaired) electrons. The van der Waals surface area contributed by atoms with E-state index < -0.39 is 0 Å². The standard InChI is InChI=1S/C14H15BrN2O2/c15-11-4-2-1-3-9(11)8-16-12-7-13(18)17(14(12)19)10-5-6-10/h1-4,10,12,16H,5-8H2. The second-order valence-electron chi connectivity index (χ2n) is 5.06. The molecule has 2 aliphatic rings. The van der Waals surface area contributed by atoms with Crippen molar-refractivity contribution < 1.29 is 9.59 Å². The van der Waals surface area contributed by atoms with Gasteiger partial charge >= 0.3 is 0 Å². The number of carbonyl (C=O) groups excluding carboxylic acids is 2. The minimum atomic E-state index is -0.361. The monoisotopic (exact) mass is 322 g/mol. The number of imide groups is 1. The number of benzene rings is 1. The summed E-state index contributed by atoms with van der Waals surface area (Å²) in [6.07, 6.45) is 2.22. The number of hydrogen-bond donors (Lipinski definition) is 1. The average Bonchev–Trinajstić information content (AvgIpc) is 3.16. The highest BCUT2D eigenvalue weighted by Gasteiger charge is 2.45. The van der Waals surface area contributed by atoms with Crippen molar-refractivity contribution in [3.05, 3.63) is 34.3 Å². The maximum atomic E-state index is 12.1. The minimum Gasteiger partial charge on any atom is -0.301 e. The molecule has 1 N–H and O–H groups in total. The van der Waals surface area contributed by atoms with Gasteiger partial charge in [0.2, 0.25) is 11.8 Å². The van der Waals surface area contributed by atoms with Gasteiger partial charge in [0.15, 0.2) is 0 Å². The van der Waals surface area contributed by atoms with Crippen LogP contribution in [-0.4, -0.2) is 28.8 Å². The highest BCUT2D eigenvalue weighted by atomic mass is 79.9. The lowest BCUT2D eigenvalue weighted by molar-refractivity contribution is -0.139. The molecule has 1 saturated heterocycles. The first-order valence-corrected chi connectivity index (χ1v) is 7.29. The summed E-state index contributed by atoms with van der Waals surface area (Å²) in [7, 11) is 0. The van der Waals surface area contributed by atoms with Gasteiger partial charge in [0, 0.05) is 17.1 Å². The quantitative estimate of drug-likeness (QED) is 0.860. The van der Waals surface area contributed by atoms with Gasteiger partial charge in [0.05, 0.1) is 12.5 Å². The van der Waals surface area contributed by atoms with Gasteiger partial charge in [-0.05, 0) is 24.5 Å². The Balaban J connectivity index is 1.63. The number of halogens is 1. The Morgan fingerprint density at radius 2 is 2.00 bits per heavy atom. The number of hydrogen-bond acceptors (Lipinski definition) is 3. The Bertz CT molecular complexity index is 528. The summed E-state index contributed by atoms with van der Waals surface area (Å²) in [5, 5.41) is 3.19. The van der Waals surface area contributed by atoms with Crippen molar-refractivity contribution in [3.63, 3.8) is 0 Å². The van der Waals surface area contributed by atoms with Gasteiger partial charge in [-0.1, -0.05) is 34.1 Å². The average molecular weight is 323 g/mol. The van der Waals surface area contributed by atoms with Gasteiger partial charge in [-0.2, -0.15) is 0 Å². The Morgan fingerprint density at radius 3 is 2.68 bits per heavy atom. The molecule has 1 atom stereocenters. The smallest absolute Gasteiger partial charge is 0.247 e. The maximum Gasteiger partial charge on any atom is 0.247 e. The van der Waals surface area contributed by atoms with Crippen molar-refractivity contribution in [2.45, 2.75) is 37.9 Å². The van der Waals surface area contributed by atoms with Gasteiger partial charge < -0.3 is 5.32 Å². The molecule has 4 nitrogen and oxygen atoms in total. The zero-order chi connectivity index (χ0) is 13.4. The van der Waals surface area contributed by atoms with Crippen molar-refractivity contribution in [1.29, 1.82) is 0 Å². The topological polar surface area (TPSA) is 49.4 Å². The Hall–Kier alpha value is -1.20. The molecule has 100 valence electrons. The summed E-state index contributed by atoms with van der Waals surface area (Å²) in [4.78, 5) is 25.4.